The molecule has 1 saturated heterocycles. The Morgan fingerprint density at radius 3 is 2.80 bits per heavy atom. The van der Waals surface area contributed by atoms with E-state index in [-0.39, 0.29) is 0 Å². The van der Waals surface area contributed by atoms with Crippen LogP contribution in [0.15, 0.2) is 18.2 Å². The monoisotopic (exact) mass is 211 g/mol. The highest BCUT2D eigenvalue weighted by molar-refractivity contribution is 5.18. The van der Waals surface area contributed by atoms with Crippen LogP contribution in [0, 0.1) is 17.6 Å². The summed E-state index contributed by atoms with van der Waals surface area (Å²) < 4.78 is 25.6. The van der Waals surface area contributed by atoms with Gasteiger partial charge in [0.15, 0.2) is 11.6 Å². The molecule has 0 aromatic heterocycles. The largest absolute Gasteiger partial charge is 0.316 e. The van der Waals surface area contributed by atoms with E-state index in [4.69, 9.17) is 0 Å². The number of nitrogens with one attached hydrogen (secondary N) is 1. The van der Waals surface area contributed by atoms with Crippen molar-refractivity contribution in [3.63, 3.8) is 0 Å². The summed E-state index contributed by atoms with van der Waals surface area (Å²) in [5.41, 5.74) is 0.891. The van der Waals surface area contributed by atoms with E-state index >= 15 is 0 Å². The van der Waals surface area contributed by atoms with Gasteiger partial charge >= 0.3 is 0 Å². The molecule has 15 heavy (non-hydrogen) atoms. The van der Waals surface area contributed by atoms with Gasteiger partial charge in [-0.2, -0.15) is 0 Å². The Balaban J connectivity index is 2.00. The number of rotatable bonds is 2. The Morgan fingerprint density at radius 2 is 2.13 bits per heavy atom. The molecule has 3 heteroatoms. The zero-order chi connectivity index (χ0) is 10.7. The number of hydrogen-bond acceptors (Lipinski definition) is 1. The molecule has 1 heterocycles. The lowest BCUT2D eigenvalue weighted by Gasteiger charge is -2.22. The van der Waals surface area contributed by atoms with Crippen molar-refractivity contribution in [2.24, 2.45) is 5.92 Å². The molecular weight excluding hydrogens is 196 g/mol. The summed E-state index contributed by atoms with van der Waals surface area (Å²) in [4.78, 5) is 0. The van der Waals surface area contributed by atoms with Crippen LogP contribution in [0.4, 0.5) is 8.78 Å². The van der Waals surface area contributed by atoms with Gasteiger partial charge in [0.2, 0.25) is 0 Å². The Hall–Kier alpha value is -0.960. The molecule has 1 aromatic carbocycles. The maximum atomic E-state index is 12.9. The molecule has 1 nitrogen and oxygen atoms in total. The number of benzene rings is 1. The van der Waals surface area contributed by atoms with Crippen molar-refractivity contribution in [1.29, 1.82) is 0 Å². The second-order valence-electron chi connectivity index (χ2n) is 4.16. The Kier molecular flexibility index (Phi) is 3.31. The van der Waals surface area contributed by atoms with Crippen LogP contribution in [-0.4, -0.2) is 13.1 Å². The van der Waals surface area contributed by atoms with Crippen LogP contribution in [0.25, 0.3) is 0 Å². The molecule has 1 unspecified atom stereocenters. The normalized spacial score (nSPS) is 21.6. The Morgan fingerprint density at radius 1 is 1.27 bits per heavy atom. The van der Waals surface area contributed by atoms with Crippen molar-refractivity contribution in [2.45, 2.75) is 19.3 Å². The molecule has 0 amide bonds. The fourth-order valence-electron chi connectivity index (χ4n) is 2.10. The second kappa shape index (κ2) is 4.71. The fourth-order valence-corrected chi connectivity index (χ4v) is 2.10. The summed E-state index contributed by atoms with van der Waals surface area (Å²) in [6.07, 6.45) is 3.19. The van der Waals surface area contributed by atoms with Crippen molar-refractivity contribution in [2.75, 3.05) is 13.1 Å². The molecular formula is C12H15F2N. The standard InChI is InChI=1S/C12H15F2N/c13-11-4-3-9(7-12(11)14)6-10-2-1-5-15-8-10/h3-4,7,10,15H,1-2,5-6,8H2. The van der Waals surface area contributed by atoms with Crippen LogP contribution in [0.2, 0.25) is 0 Å². The first kappa shape index (κ1) is 10.6. The highest BCUT2D eigenvalue weighted by atomic mass is 19.2. The quantitative estimate of drug-likeness (QED) is 0.792. The van der Waals surface area contributed by atoms with Crippen LogP contribution >= 0.6 is 0 Å². The topological polar surface area (TPSA) is 12.0 Å². The first-order valence-electron chi connectivity index (χ1n) is 5.40. The van der Waals surface area contributed by atoms with Crippen molar-refractivity contribution >= 4 is 0 Å². The van der Waals surface area contributed by atoms with Gasteiger partial charge in [-0.15, -0.1) is 0 Å². The molecule has 1 aliphatic heterocycles. The summed E-state index contributed by atoms with van der Waals surface area (Å²) in [5.74, 6) is -0.944. The molecule has 1 fully saturated rings. The van der Waals surface area contributed by atoms with Crippen molar-refractivity contribution < 1.29 is 8.78 Å². The summed E-state index contributed by atoms with van der Waals surface area (Å²) in [6.45, 7) is 2.06. The van der Waals surface area contributed by atoms with E-state index in [1.807, 2.05) is 0 Å². The predicted molar refractivity (Wildman–Crippen MR) is 55.7 cm³/mol. The average molecular weight is 211 g/mol. The van der Waals surface area contributed by atoms with Gasteiger partial charge in [0.25, 0.3) is 0 Å². The molecule has 2 rings (SSSR count). The molecule has 82 valence electrons. The third-order valence-electron chi connectivity index (χ3n) is 2.91. The van der Waals surface area contributed by atoms with Crippen molar-refractivity contribution in [1.82, 2.24) is 5.32 Å². The second-order valence-corrected chi connectivity index (χ2v) is 4.16. The molecule has 1 aromatic rings. The summed E-state index contributed by atoms with van der Waals surface area (Å²) in [6, 6.07) is 4.19. The highest BCUT2D eigenvalue weighted by Crippen LogP contribution is 2.17. The van der Waals surface area contributed by atoms with E-state index in [1.165, 1.54) is 25.0 Å². The van der Waals surface area contributed by atoms with Gasteiger partial charge in [-0.25, -0.2) is 8.78 Å². The highest BCUT2D eigenvalue weighted by Gasteiger charge is 2.14. The van der Waals surface area contributed by atoms with E-state index in [0.29, 0.717) is 5.92 Å². The Bertz CT molecular complexity index is 332. The SMILES string of the molecule is Fc1ccc(CC2CCCNC2)cc1F. The summed E-state index contributed by atoms with van der Waals surface area (Å²) in [7, 11) is 0. The zero-order valence-electron chi connectivity index (χ0n) is 8.60. The fraction of sp³-hybridized carbons (Fsp3) is 0.500. The van der Waals surface area contributed by atoms with E-state index in [2.05, 4.69) is 5.32 Å². The van der Waals surface area contributed by atoms with Gasteiger partial charge < -0.3 is 5.32 Å². The maximum absolute atomic E-state index is 12.9. The predicted octanol–water partition coefficient (Wildman–Crippen LogP) is 2.51. The first-order chi connectivity index (χ1) is 7.25. The maximum Gasteiger partial charge on any atom is 0.159 e. The lowest BCUT2D eigenvalue weighted by atomic mass is 9.92. The lowest BCUT2D eigenvalue weighted by molar-refractivity contribution is 0.375. The lowest BCUT2D eigenvalue weighted by Crippen LogP contribution is -2.30. The Labute approximate surface area is 88.5 Å². The van der Waals surface area contributed by atoms with Crippen molar-refractivity contribution in [3.05, 3.63) is 35.4 Å². The average Bonchev–Trinajstić information content (AvgIpc) is 2.25. The van der Waals surface area contributed by atoms with Gasteiger partial charge in [-0.3, -0.25) is 0 Å². The van der Waals surface area contributed by atoms with E-state index in [0.717, 1.165) is 25.1 Å². The van der Waals surface area contributed by atoms with E-state index in [9.17, 15) is 8.78 Å². The molecule has 0 bridgehead atoms. The smallest absolute Gasteiger partial charge is 0.159 e. The third-order valence-corrected chi connectivity index (χ3v) is 2.91. The molecule has 0 spiro atoms. The molecule has 0 saturated carbocycles. The molecule has 1 aliphatic rings. The molecule has 1 N–H and O–H groups in total. The van der Waals surface area contributed by atoms with Crippen LogP contribution in [0.5, 0.6) is 0 Å². The van der Waals surface area contributed by atoms with Gasteiger partial charge in [0, 0.05) is 0 Å². The molecule has 0 radical (unpaired) electrons. The minimum Gasteiger partial charge on any atom is -0.316 e. The van der Waals surface area contributed by atoms with Crippen LogP contribution in [0.3, 0.4) is 0 Å². The third kappa shape index (κ3) is 2.75. The van der Waals surface area contributed by atoms with Crippen molar-refractivity contribution in [3.8, 4) is 0 Å². The van der Waals surface area contributed by atoms with Gasteiger partial charge in [0.1, 0.15) is 0 Å². The zero-order valence-corrected chi connectivity index (χ0v) is 8.60. The van der Waals surface area contributed by atoms with Crippen LogP contribution in [0.1, 0.15) is 18.4 Å². The van der Waals surface area contributed by atoms with E-state index < -0.39 is 11.6 Å². The number of halogens is 2. The van der Waals surface area contributed by atoms with Gasteiger partial charge in [-0.05, 0) is 56.0 Å². The summed E-state index contributed by atoms with van der Waals surface area (Å²) >= 11 is 0. The summed E-state index contributed by atoms with van der Waals surface area (Å²) in [5, 5.41) is 3.31. The number of piperidine rings is 1. The van der Waals surface area contributed by atoms with Gasteiger partial charge in [0.05, 0.1) is 0 Å². The molecule has 1 atom stereocenters. The minimum atomic E-state index is -0.763. The number of hydrogen-bond donors (Lipinski definition) is 1. The van der Waals surface area contributed by atoms with Crippen LogP contribution < -0.4 is 5.32 Å². The molecule has 0 aliphatic carbocycles. The van der Waals surface area contributed by atoms with E-state index in [1.54, 1.807) is 6.07 Å². The first-order valence-corrected chi connectivity index (χ1v) is 5.40. The van der Waals surface area contributed by atoms with Crippen LogP contribution in [-0.2, 0) is 6.42 Å². The van der Waals surface area contributed by atoms with Gasteiger partial charge in [-0.1, -0.05) is 6.07 Å². The minimum absolute atomic E-state index is 0.559.